The molecule has 13 heteroatoms. The Balaban J connectivity index is 1.78. The fourth-order valence-electron chi connectivity index (χ4n) is 3.51. The summed E-state index contributed by atoms with van der Waals surface area (Å²) in [6, 6.07) is 12.4. The van der Waals surface area contributed by atoms with Gasteiger partial charge in [0.2, 0.25) is 0 Å². The van der Waals surface area contributed by atoms with Gasteiger partial charge >= 0.3 is 12.4 Å². The molecular weight excluding hydrogens is 529 g/mol. The number of carbonyl (C=O) groups is 1. The molecule has 1 heterocycles. The highest BCUT2D eigenvalue weighted by molar-refractivity contribution is 6.34. The van der Waals surface area contributed by atoms with Crippen molar-refractivity contribution in [2.75, 3.05) is 5.32 Å². The molecule has 4 aromatic rings. The van der Waals surface area contributed by atoms with E-state index in [1.807, 2.05) is 0 Å². The Labute approximate surface area is 209 Å². The first-order valence-electron chi connectivity index (χ1n) is 10.4. The summed E-state index contributed by atoms with van der Waals surface area (Å²) < 4.78 is 94.2. The first-order valence-corrected chi connectivity index (χ1v) is 10.7. The molecule has 192 valence electrons. The molecule has 3 aromatic carbocycles. The van der Waals surface area contributed by atoms with E-state index in [0.717, 1.165) is 16.8 Å². The minimum Gasteiger partial charge on any atom is -0.319 e. The molecule has 0 aliphatic heterocycles. The Bertz CT molecular complexity index is 1420. The molecule has 0 aliphatic rings. The summed E-state index contributed by atoms with van der Waals surface area (Å²) in [5, 5.41) is 9.98. The third-order valence-corrected chi connectivity index (χ3v) is 5.47. The predicted octanol–water partition coefficient (Wildman–Crippen LogP) is 7.08. The largest absolute Gasteiger partial charge is 0.416 e. The molecule has 0 spiro atoms. The second kappa shape index (κ2) is 9.85. The number of alkyl halides is 6. The predicted molar refractivity (Wildman–Crippen MR) is 120 cm³/mol. The summed E-state index contributed by atoms with van der Waals surface area (Å²) in [7, 11) is 0. The molecule has 1 N–H and O–H groups in total. The van der Waals surface area contributed by atoms with E-state index in [9.17, 15) is 35.5 Å². The normalized spacial score (nSPS) is 12.0. The number of rotatable bonds is 5. The summed E-state index contributed by atoms with van der Waals surface area (Å²) in [6.07, 6.45) is -10.1. The van der Waals surface area contributed by atoms with Crippen LogP contribution >= 0.6 is 11.6 Å². The highest BCUT2D eigenvalue weighted by atomic mass is 35.5. The molecule has 5 nitrogen and oxygen atoms in total. The van der Waals surface area contributed by atoms with Gasteiger partial charge in [0.05, 0.1) is 28.4 Å². The molecule has 1 aromatic heterocycles. The molecule has 0 saturated heterocycles. The molecule has 1 amide bonds. The first-order chi connectivity index (χ1) is 17.3. The van der Waals surface area contributed by atoms with Crippen molar-refractivity contribution in [2.24, 2.45) is 0 Å². The van der Waals surface area contributed by atoms with Gasteiger partial charge in [0.1, 0.15) is 11.5 Å². The Hall–Kier alpha value is -3.93. The summed E-state index contributed by atoms with van der Waals surface area (Å²) in [6.45, 7) is -0.561. The number of hydrogen-bond donors (Lipinski definition) is 1. The smallest absolute Gasteiger partial charge is 0.319 e. The van der Waals surface area contributed by atoms with E-state index in [4.69, 9.17) is 11.6 Å². The molecule has 0 aliphatic carbocycles. The van der Waals surface area contributed by atoms with Crippen LogP contribution in [0.5, 0.6) is 0 Å². The third kappa shape index (κ3) is 5.91. The summed E-state index contributed by atoms with van der Waals surface area (Å²) in [4.78, 5) is 13.0. The van der Waals surface area contributed by atoms with E-state index in [1.54, 1.807) is 30.3 Å². The fourth-order valence-corrected chi connectivity index (χ4v) is 3.73. The third-order valence-electron chi connectivity index (χ3n) is 5.16. The quantitative estimate of drug-likeness (QED) is 0.274. The molecule has 0 radical (unpaired) electrons. The van der Waals surface area contributed by atoms with Crippen molar-refractivity contribution in [3.05, 3.63) is 100.0 Å². The maximum absolute atomic E-state index is 13.3. The maximum Gasteiger partial charge on any atom is 0.416 e. The van der Waals surface area contributed by atoms with Crippen molar-refractivity contribution >= 4 is 23.2 Å². The molecule has 0 atom stereocenters. The number of hydrogen-bond acceptors (Lipinski definition) is 3. The van der Waals surface area contributed by atoms with Gasteiger partial charge in [-0.25, -0.2) is 9.07 Å². The highest BCUT2D eigenvalue weighted by Gasteiger charge is 2.37. The lowest BCUT2D eigenvalue weighted by atomic mass is 10.0. The van der Waals surface area contributed by atoms with E-state index in [1.165, 1.54) is 6.07 Å². The average molecular weight is 543 g/mol. The molecule has 0 bridgehead atoms. The van der Waals surface area contributed by atoms with Crippen LogP contribution in [0.3, 0.4) is 0 Å². The number of anilines is 1. The van der Waals surface area contributed by atoms with Crippen molar-refractivity contribution in [1.29, 1.82) is 0 Å². The second-order valence-electron chi connectivity index (χ2n) is 7.80. The topological polar surface area (TPSA) is 59.8 Å². The van der Waals surface area contributed by atoms with Crippen molar-refractivity contribution < 1.29 is 35.5 Å². The minimum absolute atomic E-state index is 0.0221. The van der Waals surface area contributed by atoms with Crippen LogP contribution in [0.1, 0.15) is 27.2 Å². The number of amides is 1. The van der Waals surface area contributed by atoms with Gasteiger partial charge in [-0.05, 0) is 42.0 Å². The number of nitrogens with zero attached hydrogens (tertiary/aromatic N) is 3. The van der Waals surface area contributed by atoms with Gasteiger partial charge < -0.3 is 5.32 Å². The summed E-state index contributed by atoms with van der Waals surface area (Å²) in [5.74, 6) is -1.48. The van der Waals surface area contributed by atoms with E-state index in [2.05, 4.69) is 15.6 Å². The van der Waals surface area contributed by atoms with Crippen LogP contribution in [-0.2, 0) is 18.9 Å². The molecule has 0 unspecified atom stereocenters. The van der Waals surface area contributed by atoms with E-state index >= 15 is 0 Å². The van der Waals surface area contributed by atoms with Crippen LogP contribution in [0.2, 0.25) is 5.02 Å². The number of carbonyl (C=O) groups excluding carboxylic acids is 1. The standard InChI is InChI=1S/C24H14ClF7N4O/c25-18-11-17(26)6-7-19(18)33-22(37)20-21(14-4-2-1-3-5-14)36(35-34-20)12-13-8-15(23(27,28)29)10-16(9-13)24(30,31)32/h1-11H,12H2,(H,33,37). The van der Waals surface area contributed by atoms with Crippen molar-refractivity contribution in [1.82, 2.24) is 15.0 Å². The van der Waals surface area contributed by atoms with Crippen LogP contribution in [0, 0.1) is 5.82 Å². The number of nitrogens with one attached hydrogen (secondary N) is 1. The van der Waals surface area contributed by atoms with Gasteiger partial charge in [-0.3, -0.25) is 4.79 Å². The maximum atomic E-state index is 13.3. The molecule has 4 rings (SSSR count). The monoisotopic (exact) mass is 542 g/mol. The summed E-state index contributed by atoms with van der Waals surface area (Å²) >= 11 is 5.95. The average Bonchev–Trinajstić information content (AvgIpc) is 3.23. The van der Waals surface area contributed by atoms with Gasteiger partial charge in [-0.2, -0.15) is 26.3 Å². The Morgan fingerprint density at radius 2 is 1.51 bits per heavy atom. The van der Waals surface area contributed by atoms with E-state index in [-0.39, 0.29) is 33.7 Å². The Morgan fingerprint density at radius 3 is 2.08 bits per heavy atom. The first kappa shape index (κ1) is 26.1. The number of halogens is 8. The summed E-state index contributed by atoms with van der Waals surface area (Å²) in [5.41, 5.74) is -3.17. The van der Waals surface area contributed by atoms with Gasteiger partial charge in [-0.15, -0.1) is 5.10 Å². The number of benzene rings is 3. The van der Waals surface area contributed by atoms with Crippen LogP contribution in [0.4, 0.5) is 36.4 Å². The van der Waals surface area contributed by atoms with Crippen LogP contribution in [0.25, 0.3) is 11.3 Å². The lowest BCUT2D eigenvalue weighted by molar-refractivity contribution is -0.143. The molecule has 0 saturated carbocycles. The minimum atomic E-state index is -5.03. The van der Waals surface area contributed by atoms with Gasteiger partial charge in [0.15, 0.2) is 5.69 Å². The molecule has 37 heavy (non-hydrogen) atoms. The Kier molecular flexibility index (Phi) is 6.96. The number of aromatic nitrogens is 3. The molecular formula is C24H14ClF7N4O. The van der Waals surface area contributed by atoms with Gasteiger partial charge in [0.25, 0.3) is 5.91 Å². The SMILES string of the molecule is O=C(Nc1ccc(F)cc1Cl)c1nnn(Cc2cc(C(F)(F)F)cc(C(F)(F)F)c2)c1-c1ccccc1. The van der Waals surface area contributed by atoms with Crippen molar-refractivity contribution in [3.8, 4) is 11.3 Å². The fraction of sp³-hybridized carbons (Fsp3) is 0.125. The van der Waals surface area contributed by atoms with Crippen LogP contribution in [-0.4, -0.2) is 20.9 Å². The lowest BCUT2D eigenvalue weighted by Crippen LogP contribution is -2.15. The highest BCUT2D eigenvalue weighted by Crippen LogP contribution is 2.37. The zero-order valence-electron chi connectivity index (χ0n) is 18.3. The van der Waals surface area contributed by atoms with Gasteiger partial charge in [0, 0.05) is 5.56 Å². The van der Waals surface area contributed by atoms with Crippen LogP contribution in [0.15, 0.2) is 66.7 Å². The van der Waals surface area contributed by atoms with E-state index < -0.39 is 41.7 Å². The van der Waals surface area contributed by atoms with Gasteiger partial charge in [-0.1, -0.05) is 47.1 Å². The van der Waals surface area contributed by atoms with Crippen molar-refractivity contribution in [3.63, 3.8) is 0 Å². The lowest BCUT2D eigenvalue weighted by Gasteiger charge is -2.15. The molecule has 0 fully saturated rings. The van der Waals surface area contributed by atoms with E-state index in [0.29, 0.717) is 17.7 Å². The zero-order valence-corrected chi connectivity index (χ0v) is 19.1. The van der Waals surface area contributed by atoms with Crippen LogP contribution < -0.4 is 5.32 Å². The van der Waals surface area contributed by atoms with Crippen molar-refractivity contribution in [2.45, 2.75) is 18.9 Å². The second-order valence-corrected chi connectivity index (χ2v) is 8.21. The zero-order chi connectivity index (χ0) is 27.0. The Morgan fingerprint density at radius 1 is 0.892 bits per heavy atom.